The van der Waals surface area contributed by atoms with Crippen LogP contribution in [0.1, 0.15) is 17.0 Å². The monoisotopic (exact) mass is 452 g/mol. The van der Waals surface area contributed by atoms with Crippen molar-refractivity contribution in [1.82, 2.24) is 10.2 Å². The van der Waals surface area contributed by atoms with Crippen LogP contribution in [0.5, 0.6) is 17.4 Å². The number of ether oxygens (including phenoxy) is 3. The smallest absolute Gasteiger partial charge is 0.244 e. The molecular weight excluding hydrogens is 436 g/mol. The Kier molecular flexibility index (Phi) is 4.91. The summed E-state index contributed by atoms with van der Waals surface area (Å²) in [6, 6.07) is 15.4. The second-order valence-electron chi connectivity index (χ2n) is 6.37. The van der Waals surface area contributed by atoms with Gasteiger partial charge in [-0.15, -0.1) is 5.10 Å². The van der Waals surface area contributed by atoms with E-state index in [1.165, 1.54) is 0 Å². The second kappa shape index (κ2) is 7.53. The number of aromatic amines is 1. The van der Waals surface area contributed by atoms with Crippen LogP contribution in [0.4, 0.5) is 0 Å². The number of hydrogen-bond acceptors (Lipinski definition) is 6. The van der Waals surface area contributed by atoms with E-state index in [-0.39, 0.29) is 5.88 Å². The van der Waals surface area contributed by atoms with Crippen LogP contribution in [0.25, 0.3) is 11.3 Å². The van der Waals surface area contributed by atoms with Crippen molar-refractivity contribution in [2.45, 2.75) is 5.92 Å². The minimum Gasteiger partial charge on any atom is -0.497 e. The van der Waals surface area contributed by atoms with Crippen molar-refractivity contribution < 1.29 is 14.2 Å². The molecule has 0 bridgehead atoms. The number of nitriles is 1. The van der Waals surface area contributed by atoms with E-state index >= 15 is 0 Å². The Bertz CT molecular complexity index is 1160. The molecule has 1 aliphatic heterocycles. The van der Waals surface area contributed by atoms with Gasteiger partial charge in [-0.05, 0) is 45.8 Å². The lowest BCUT2D eigenvalue weighted by atomic mass is 9.83. The molecule has 1 unspecified atom stereocenters. The highest BCUT2D eigenvalue weighted by Gasteiger charge is 2.35. The number of methoxy groups -OCH3 is 2. The number of H-pyrrole nitrogens is 1. The number of nitrogens with zero attached hydrogens (tertiary/aromatic N) is 2. The minimum absolute atomic E-state index is 0.0423. The number of nitrogens with two attached hydrogens (primary N) is 1. The molecule has 29 heavy (non-hydrogen) atoms. The van der Waals surface area contributed by atoms with Gasteiger partial charge in [0.15, 0.2) is 0 Å². The van der Waals surface area contributed by atoms with Gasteiger partial charge in [0.1, 0.15) is 23.1 Å². The average Bonchev–Trinajstić information content (AvgIpc) is 3.16. The van der Waals surface area contributed by atoms with Gasteiger partial charge >= 0.3 is 0 Å². The fourth-order valence-electron chi connectivity index (χ4n) is 3.44. The molecule has 1 atom stereocenters. The largest absolute Gasteiger partial charge is 0.497 e. The summed E-state index contributed by atoms with van der Waals surface area (Å²) < 4.78 is 17.1. The molecule has 0 spiro atoms. The topological polar surface area (TPSA) is 106 Å². The molecule has 0 amide bonds. The molecule has 0 aliphatic carbocycles. The van der Waals surface area contributed by atoms with Crippen LogP contribution in [0.3, 0.4) is 0 Å². The predicted octanol–water partition coefficient (Wildman–Crippen LogP) is 4.07. The lowest BCUT2D eigenvalue weighted by molar-refractivity contribution is 0.379. The van der Waals surface area contributed by atoms with Gasteiger partial charge in [0.25, 0.3) is 0 Å². The lowest BCUT2D eigenvalue weighted by Gasteiger charge is -2.24. The number of benzene rings is 2. The Morgan fingerprint density at radius 1 is 1.21 bits per heavy atom. The normalized spacial score (nSPS) is 15.3. The van der Waals surface area contributed by atoms with Crippen molar-refractivity contribution in [2.24, 2.45) is 5.73 Å². The van der Waals surface area contributed by atoms with Crippen LogP contribution in [0, 0.1) is 11.3 Å². The van der Waals surface area contributed by atoms with Gasteiger partial charge < -0.3 is 19.9 Å². The highest BCUT2D eigenvalue weighted by Crippen LogP contribution is 2.46. The van der Waals surface area contributed by atoms with Crippen molar-refractivity contribution in [3.63, 3.8) is 0 Å². The first-order valence-corrected chi connectivity index (χ1v) is 9.50. The highest BCUT2D eigenvalue weighted by molar-refractivity contribution is 9.10. The molecular formula is C21H17BrN4O3. The molecule has 1 aliphatic rings. The number of nitrogens with one attached hydrogen (secondary N) is 1. The number of rotatable bonds is 4. The van der Waals surface area contributed by atoms with Gasteiger partial charge in [-0.2, -0.15) is 5.26 Å². The lowest BCUT2D eigenvalue weighted by Crippen LogP contribution is -2.21. The Balaban J connectivity index is 1.93. The number of fused-ring (bicyclic) bond motifs is 1. The third-order valence-electron chi connectivity index (χ3n) is 4.81. The van der Waals surface area contributed by atoms with Crippen LogP contribution in [-0.4, -0.2) is 24.4 Å². The van der Waals surface area contributed by atoms with Crippen LogP contribution in [0.15, 0.2) is 58.4 Å². The summed E-state index contributed by atoms with van der Waals surface area (Å²) in [5.74, 6) is 1.33. The van der Waals surface area contributed by atoms with E-state index in [1.54, 1.807) is 14.2 Å². The summed E-state index contributed by atoms with van der Waals surface area (Å²) in [5, 5.41) is 17.1. The Morgan fingerprint density at radius 3 is 2.72 bits per heavy atom. The van der Waals surface area contributed by atoms with Crippen molar-refractivity contribution in [1.29, 1.82) is 5.26 Å². The third kappa shape index (κ3) is 3.19. The molecule has 146 valence electrons. The fraction of sp³-hybridized carbons (Fsp3) is 0.143. The first kappa shape index (κ1) is 18.9. The van der Waals surface area contributed by atoms with Crippen LogP contribution < -0.4 is 19.9 Å². The second-order valence-corrected chi connectivity index (χ2v) is 7.22. The van der Waals surface area contributed by atoms with E-state index in [0.29, 0.717) is 23.0 Å². The van der Waals surface area contributed by atoms with Gasteiger partial charge in [-0.1, -0.05) is 18.2 Å². The summed E-state index contributed by atoms with van der Waals surface area (Å²) in [7, 11) is 3.21. The molecule has 2 aromatic carbocycles. The molecule has 3 aromatic rings. The first-order chi connectivity index (χ1) is 14.1. The molecule has 0 radical (unpaired) electrons. The maximum absolute atomic E-state index is 9.82. The van der Waals surface area contributed by atoms with Crippen molar-refractivity contribution in [2.75, 3.05) is 14.2 Å². The maximum Gasteiger partial charge on any atom is 0.244 e. The summed E-state index contributed by atoms with van der Waals surface area (Å²) in [5.41, 5.74) is 9.55. The van der Waals surface area contributed by atoms with E-state index in [1.807, 2.05) is 42.5 Å². The fourth-order valence-corrected chi connectivity index (χ4v) is 4.00. The average molecular weight is 453 g/mol. The third-order valence-corrected chi connectivity index (χ3v) is 5.43. The summed E-state index contributed by atoms with van der Waals surface area (Å²) >= 11 is 3.52. The molecule has 0 fully saturated rings. The van der Waals surface area contributed by atoms with Crippen molar-refractivity contribution >= 4 is 15.9 Å². The summed E-state index contributed by atoms with van der Waals surface area (Å²) in [6.45, 7) is 0. The molecule has 0 saturated heterocycles. The molecule has 3 N–H and O–H groups in total. The van der Waals surface area contributed by atoms with Crippen molar-refractivity contribution in [3.8, 4) is 34.7 Å². The van der Waals surface area contributed by atoms with Gasteiger partial charge in [0.05, 0.1) is 35.9 Å². The molecule has 7 nitrogen and oxygen atoms in total. The molecule has 1 aromatic heterocycles. The van der Waals surface area contributed by atoms with E-state index in [4.69, 9.17) is 19.9 Å². The standard InChI is InChI=1S/C21H17BrN4O3/c1-27-13-5-3-4-12(8-13)19-18-17(11-6-7-16(28-2)15(22)9-11)14(10-23)20(24)29-21(18)26-25-19/h3-9,17H,24H2,1-2H3,(H,25,26). The first-order valence-electron chi connectivity index (χ1n) is 8.71. The van der Waals surface area contributed by atoms with E-state index in [2.05, 4.69) is 32.2 Å². The summed E-state index contributed by atoms with van der Waals surface area (Å²) in [6.07, 6.45) is 0. The van der Waals surface area contributed by atoms with Crippen LogP contribution in [-0.2, 0) is 0 Å². The van der Waals surface area contributed by atoms with Crippen LogP contribution >= 0.6 is 15.9 Å². The molecule has 8 heteroatoms. The van der Waals surface area contributed by atoms with E-state index < -0.39 is 5.92 Å². The van der Waals surface area contributed by atoms with Gasteiger partial charge in [-0.25, -0.2) is 0 Å². The quantitative estimate of drug-likeness (QED) is 0.617. The highest BCUT2D eigenvalue weighted by atomic mass is 79.9. The zero-order chi connectivity index (χ0) is 20.5. The molecule has 2 heterocycles. The molecule has 4 rings (SSSR count). The zero-order valence-electron chi connectivity index (χ0n) is 15.7. The SMILES string of the molecule is COc1cccc(-c2[nH]nc3c2C(c2ccc(OC)c(Br)c2)C(C#N)=C(N)O3)c1. The Labute approximate surface area is 175 Å². The number of hydrogen-bond donors (Lipinski definition) is 2. The van der Waals surface area contributed by atoms with E-state index in [0.717, 1.165) is 26.9 Å². The number of halogens is 1. The van der Waals surface area contributed by atoms with Gasteiger partial charge in [0.2, 0.25) is 11.8 Å². The van der Waals surface area contributed by atoms with E-state index in [9.17, 15) is 5.26 Å². The summed E-state index contributed by atoms with van der Waals surface area (Å²) in [4.78, 5) is 0. The Morgan fingerprint density at radius 2 is 2.03 bits per heavy atom. The maximum atomic E-state index is 9.82. The Hall–Kier alpha value is -3.44. The zero-order valence-corrected chi connectivity index (χ0v) is 17.3. The van der Waals surface area contributed by atoms with Gasteiger partial charge in [-0.3, -0.25) is 5.10 Å². The van der Waals surface area contributed by atoms with Crippen LogP contribution in [0.2, 0.25) is 0 Å². The number of allylic oxidation sites excluding steroid dienone is 1. The van der Waals surface area contributed by atoms with Gasteiger partial charge in [0, 0.05) is 5.56 Å². The number of aromatic nitrogens is 2. The predicted molar refractivity (Wildman–Crippen MR) is 111 cm³/mol. The van der Waals surface area contributed by atoms with Crippen molar-refractivity contribution in [3.05, 3.63) is 69.5 Å². The minimum atomic E-state index is -0.453. The molecule has 0 saturated carbocycles.